The molecule has 4 rings (SSSR count). The number of carbonyl (C=O) groups is 1. The molecule has 2 aromatic carbocycles. The van der Waals surface area contributed by atoms with Crippen molar-refractivity contribution in [1.82, 2.24) is 10.4 Å². The highest BCUT2D eigenvalue weighted by atomic mass is 16.5. The van der Waals surface area contributed by atoms with Crippen molar-refractivity contribution in [3.05, 3.63) is 83.3 Å². The molecule has 1 aliphatic rings. The summed E-state index contributed by atoms with van der Waals surface area (Å²) in [5.41, 5.74) is 5.86. The van der Waals surface area contributed by atoms with Crippen LogP contribution in [-0.4, -0.2) is 31.2 Å². The van der Waals surface area contributed by atoms with Gasteiger partial charge in [-0.2, -0.15) is 0 Å². The van der Waals surface area contributed by atoms with Gasteiger partial charge in [0.1, 0.15) is 11.8 Å². The van der Waals surface area contributed by atoms with Gasteiger partial charge in [-0.05, 0) is 60.9 Å². The number of ether oxygens (including phenoxy) is 2. The zero-order valence-corrected chi connectivity index (χ0v) is 16.7. The van der Waals surface area contributed by atoms with Gasteiger partial charge in [0.15, 0.2) is 11.5 Å². The number of hydrazine groups is 1. The summed E-state index contributed by atoms with van der Waals surface area (Å²) in [5.74, 6) is 1.93. The van der Waals surface area contributed by atoms with Crippen molar-refractivity contribution < 1.29 is 18.7 Å². The summed E-state index contributed by atoms with van der Waals surface area (Å²) in [6.07, 6.45) is 2.40. The van der Waals surface area contributed by atoms with Gasteiger partial charge >= 0.3 is 0 Å². The fourth-order valence-electron chi connectivity index (χ4n) is 3.87. The number of rotatable bonds is 5. The number of hydrogen-bond acceptors (Lipinski definition) is 5. The zero-order chi connectivity index (χ0) is 20.4. The van der Waals surface area contributed by atoms with Gasteiger partial charge in [0.25, 0.3) is 5.91 Å². The fraction of sp³-hybridized carbons (Fsp3) is 0.261. The molecule has 1 amide bonds. The number of nitrogens with one attached hydrogen (secondary N) is 1. The molecular formula is C23H24N2O4. The lowest BCUT2D eigenvalue weighted by Gasteiger charge is -2.41. The first-order valence-corrected chi connectivity index (χ1v) is 9.55. The molecule has 0 aliphatic carbocycles. The van der Waals surface area contributed by atoms with E-state index in [1.165, 1.54) is 0 Å². The third-order valence-electron chi connectivity index (χ3n) is 5.29. The maximum Gasteiger partial charge on any atom is 0.265 e. The van der Waals surface area contributed by atoms with Gasteiger partial charge in [0, 0.05) is 11.6 Å². The van der Waals surface area contributed by atoms with E-state index in [1.807, 2.05) is 47.5 Å². The SMILES string of the molecule is COc1cc2c(cc1OC)C(c1ccco1)N(NC(=O)c1ccccc1)C(C)C2. The first-order chi connectivity index (χ1) is 14.1. The normalized spacial score (nSPS) is 18.7. The van der Waals surface area contributed by atoms with E-state index in [9.17, 15) is 4.79 Å². The van der Waals surface area contributed by atoms with Crippen LogP contribution < -0.4 is 14.9 Å². The average molecular weight is 392 g/mol. The Morgan fingerprint density at radius 1 is 1.07 bits per heavy atom. The van der Waals surface area contributed by atoms with Crippen LogP contribution in [0.15, 0.2) is 65.3 Å². The molecule has 0 bridgehead atoms. The highest BCUT2D eigenvalue weighted by Gasteiger charge is 2.37. The summed E-state index contributed by atoms with van der Waals surface area (Å²) in [7, 11) is 3.25. The third-order valence-corrected chi connectivity index (χ3v) is 5.29. The molecule has 2 atom stereocenters. The number of hydrogen-bond donors (Lipinski definition) is 1. The minimum Gasteiger partial charge on any atom is -0.493 e. The van der Waals surface area contributed by atoms with Crippen molar-refractivity contribution in [2.24, 2.45) is 0 Å². The molecule has 6 heteroatoms. The minimum absolute atomic E-state index is 0.0448. The summed E-state index contributed by atoms with van der Waals surface area (Å²) in [6, 6.07) is 16.7. The quantitative estimate of drug-likeness (QED) is 0.712. The second-order valence-electron chi connectivity index (χ2n) is 7.09. The third kappa shape index (κ3) is 3.59. The van der Waals surface area contributed by atoms with Crippen LogP contribution in [0, 0.1) is 0 Å². The monoisotopic (exact) mass is 392 g/mol. The Bertz CT molecular complexity index is 986. The summed E-state index contributed by atoms with van der Waals surface area (Å²) in [5, 5.41) is 1.96. The van der Waals surface area contributed by atoms with Crippen LogP contribution in [0.4, 0.5) is 0 Å². The molecule has 29 heavy (non-hydrogen) atoms. The predicted molar refractivity (Wildman–Crippen MR) is 109 cm³/mol. The highest BCUT2D eigenvalue weighted by Crippen LogP contribution is 2.42. The van der Waals surface area contributed by atoms with E-state index in [1.54, 1.807) is 32.6 Å². The van der Waals surface area contributed by atoms with Crippen molar-refractivity contribution in [2.45, 2.75) is 25.4 Å². The predicted octanol–water partition coefficient (Wildman–Crippen LogP) is 3.98. The number of benzene rings is 2. The fourth-order valence-corrected chi connectivity index (χ4v) is 3.87. The Labute approximate surface area is 170 Å². The molecular weight excluding hydrogens is 368 g/mol. The maximum absolute atomic E-state index is 12.9. The summed E-state index contributed by atoms with van der Waals surface area (Å²) in [6.45, 7) is 2.08. The minimum atomic E-state index is -0.281. The summed E-state index contributed by atoms with van der Waals surface area (Å²) < 4.78 is 16.8. The number of carbonyl (C=O) groups excluding carboxylic acids is 1. The Morgan fingerprint density at radius 3 is 2.45 bits per heavy atom. The Kier molecular flexibility index (Phi) is 5.27. The molecule has 2 heterocycles. The topological polar surface area (TPSA) is 63.9 Å². The smallest absolute Gasteiger partial charge is 0.265 e. The van der Waals surface area contributed by atoms with E-state index in [-0.39, 0.29) is 18.0 Å². The Hall–Kier alpha value is -3.25. The second-order valence-corrected chi connectivity index (χ2v) is 7.09. The van der Waals surface area contributed by atoms with E-state index in [2.05, 4.69) is 12.3 Å². The number of amides is 1. The van der Waals surface area contributed by atoms with E-state index < -0.39 is 0 Å². The summed E-state index contributed by atoms with van der Waals surface area (Å²) in [4.78, 5) is 12.9. The van der Waals surface area contributed by atoms with E-state index in [0.29, 0.717) is 17.1 Å². The molecule has 0 saturated heterocycles. The van der Waals surface area contributed by atoms with Crippen LogP contribution in [0.1, 0.15) is 40.2 Å². The lowest BCUT2D eigenvalue weighted by Crippen LogP contribution is -2.52. The molecule has 1 aromatic heterocycles. The molecule has 0 radical (unpaired) electrons. The first kappa shape index (κ1) is 19.1. The van der Waals surface area contributed by atoms with Gasteiger partial charge < -0.3 is 13.9 Å². The molecule has 150 valence electrons. The number of nitrogens with zero attached hydrogens (tertiary/aromatic N) is 1. The molecule has 2 unspecified atom stereocenters. The largest absolute Gasteiger partial charge is 0.493 e. The number of furan rings is 1. The van der Waals surface area contributed by atoms with Crippen molar-refractivity contribution in [3.8, 4) is 11.5 Å². The van der Waals surface area contributed by atoms with Crippen molar-refractivity contribution in [3.63, 3.8) is 0 Å². The van der Waals surface area contributed by atoms with Gasteiger partial charge in [-0.15, -0.1) is 0 Å². The van der Waals surface area contributed by atoms with E-state index >= 15 is 0 Å². The van der Waals surface area contributed by atoms with Crippen molar-refractivity contribution in [2.75, 3.05) is 14.2 Å². The maximum atomic E-state index is 12.9. The van der Waals surface area contributed by atoms with Crippen molar-refractivity contribution in [1.29, 1.82) is 0 Å². The van der Waals surface area contributed by atoms with Gasteiger partial charge in [0.05, 0.1) is 20.5 Å². The molecule has 6 nitrogen and oxygen atoms in total. The zero-order valence-electron chi connectivity index (χ0n) is 16.7. The van der Waals surface area contributed by atoms with Crippen molar-refractivity contribution >= 4 is 5.91 Å². The van der Waals surface area contributed by atoms with Gasteiger partial charge in [-0.3, -0.25) is 10.2 Å². The summed E-state index contributed by atoms with van der Waals surface area (Å²) >= 11 is 0. The number of methoxy groups -OCH3 is 2. The van der Waals surface area contributed by atoms with Crippen LogP contribution in [0.2, 0.25) is 0 Å². The standard InChI is InChI=1S/C23H24N2O4/c1-15-12-17-13-20(27-2)21(28-3)14-18(17)22(19-10-7-11-29-19)25(15)24-23(26)16-8-5-4-6-9-16/h4-11,13-15,22H,12H2,1-3H3,(H,24,26). The van der Waals surface area contributed by atoms with Crippen LogP contribution >= 0.6 is 0 Å². The van der Waals surface area contributed by atoms with Gasteiger partial charge in [0.2, 0.25) is 0 Å². The molecule has 1 aliphatic heterocycles. The second kappa shape index (κ2) is 8.01. The lowest BCUT2D eigenvalue weighted by molar-refractivity contribution is 0.0506. The first-order valence-electron chi connectivity index (χ1n) is 9.55. The lowest BCUT2D eigenvalue weighted by atomic mass is 9.88. The Morgan fingerprint density at radius 2 is 1.79 bits per heavy atom. The molecule has 0 fully saturated rings. The highest BCUT2D eigenvalue weighted by molar-refractivity contribution is 5.93. The molecule has 0 saturated carbocycles. The Balaban J connectivity index is 1.77. The van der Waals surface area contributed by atoms with Gasteiger partial charge in [-0.1, -0.05) is 18.2 Å². The molecule has 1 N–H and O–H groups in total. The molecule has 0 spiro atoms. The molecule has 3 aromatic rings. The average Bonchev–Trinajstić information content (AvgIpc) is 3.28. The van der Waals surface area contributed by atoms with E-state index in [4.69, 9.17) is 13.9 Å². The van der Waals surface area contributed by atoms with Crippen LogP contribution in [-0.2, 0) is 6.42 Å². The van der Waals surface area contributed by atoms with Crippen LogP contribution in [0.3, 0.4) is 0 Å². The van der Waals surface area contributed by atoms with Crippen LogP contribution in [0.5, 0.6) is 11.5 Å². The van der Waals surface area contributed by atoms with Crippen LogP contribution in [0.25, 0.3) is 0 Å². The number of fused-ring (bicyclic) bond motifs is 1. The van der Waals surface area contributed by atoms with E-state index in [0.717, 1.165) is 23.3 Å². The van der Waals surface area contributed by atoms with Gasteiger partial charge in [-0.25, -0.2) is 5.01 Å².